The van der Waals surface area contributed by atoms with Crippen LogP contribution in [0.3, 0.4) is 0 Å². The van der Waals surface area contributed by atoms with Crippen LogP contribution in [0.4, 0.5) is 13.2 Å². The van der Waals surface area contributed by atoms with Gasteiger partial charge < -0.3 is 5.11 Å². The Morgan fingerprint density at radius 3 is 2.25 bits per heavy atom. The summed E-state index contributed by atoms with van der Waals surface area (Å²) in [5.74, 6) is -0.234. The van der Waals surface area contributed by atoms with E-state index in [0.29, 0.717) is 10.7 Å². The highest BCUT2D eigenvalue weighted by molar-refractivity contribution is 7.89. The first-order valence-corrected chi connectivity index (χ1v) is 6.41. The predicted octanol–water partition coefficient (Wildman–Crippen LogP) is 0.973. The zero-order chi connectivity index (χ0) is 12.8. The highest BCUT2D eigenvalue weighted by atomic mass is 32.2. The Balaban J connectivity index is 4.10. The lowest BCUT2D eigenvalue weighted by atomic mass is 10.4. The number of hydrogen-bond donors (Lipinski definition) is 1. The van der Waals surface area contributed by atoms with E-state index < -0.39 is 29.2 Å². The van der Waals surface area contributed by atoms with Crippen molar-refractivity contribution in [1.29, 1.82) is 0 Å². The van der Waals surface area contributed by atoms with Gasteiger partial charge in [0.1, 0.15) is 0 Å². The monoisotopic (exact) mass is 263 g/mol. The summed E-state index contributed by atoms with van der Waals surface area (Å²) < 4.78 is 59.1. The molecule has 0 unspecified atom stereocenters. The van der Waals surface area contributed by atoms with E-state index in [2.05, 4.69) is 0 Å². The van der Waals surface area contributed by atoms with Gasteiger partial charge in [-0.15, -0.1) is 0 Å². The summed E-state index contributed by atoms with van der Waals surface area (Å²) in [7, 11) is -2.51. The number of hydrogen-bond acceptors (Lipinski definition) is 3. The van der Waals surface area contributed by atoms with Crippen LogP contribution in [0.25, 0.3) is 0 Å². The fourth-order valence-electron chi connectivity index (χ4n) is 0.975. The normalized spacial score (nSPS) is 13.4. The third-order valence-electron chi connectivity index (χ3n) is 2.00. The summed E-state index contributed by atoms with van der Waals surface area (Å²) in [6, 6.07) is 0. The fraction of sp³-hybridized carbons (Fsp3) is 1.00. The smallest absolute Gasteiger partial charge is 0.390 e. The van der Waals surface area contributed by atoms with Crippen molar-refractivity contribution >= 4 is 10.0 Å². The first-order valence-electron chi connectivity index (χ1n) is 4.80. The summed E-state index contributed by atoms with van der Waals surface area (Å²) >= 11 is 0. The highest BCUT2D eigenvalue weighted by Crippen LogP contribution is 2.20. The molecule has 0 heterocycles. The van der Waals surface area contributed by atoms with E-state index in [1.54, 1.807) is 0 Å². The van der Waals surface area contributed by atoms with Crippen LogP contribution >= 0.6 is 0 Å². The maximum absolute atomic E-state index is 11.9. The second-order valence-electron chi connectivity index (χ2n) is 3.43. The largest absolute Gasteiger partial charge is 0.396 e. The van der Waals surface area contributed by atoms with Gasteiger partial charge in [-0.25, -0.2) is 12.7 Å². The molecule has 0 spiro atoms. The third-order valence-corrected chi connectivity index (χ3v) is 3.93. The molecule has 98 valence electrons. The highest BCUT2D eigenvalue weighted by Gasteiger charge is 2.29. The van der Waals surface area contributed by atoms with Gasteiger partial charge in [0.2, 0.25) is 10.0 Å². The van der Waals surface area contributed by atoms with Crippen LogP contribution in [0, 0.1) is 0 Å². The van der Waals surface area contributed by atoms with Crippen molar-refractivity contribution in [3.8, 4) is 0 Å². The van der Waals surface area contributed by atoms with Gasteiger partial charge in [-0.1, -0.05) is 0 Å². The molecular formula is C8H16F3NO3S. The van der Waals surface area contributed by atoms with Crippen molar-refractivity contribution in [2.45, 2.75) is 25.4 Å². The summed E-state index contributed by atoms with van der Waals surface area (Å²) in [6.45, 7) is -0.688. The standard InChI is InChI=1S/C8H16F3NO3S/c1-12(5-4-8(9,10)11)16(14,15)7-3-2-6-13/h13H,2-7H2,1H3. The minimum absolute atomic E-state index is 0.123. The fourth-order valence-corrected chi connectivity index (χ4v) is 2.23. The Morgan fingerprint density at radius 1 is 1.25 bits per heavy atom. The summed E-state index contributed by atoms with van der Waals surface area (Å²) in [6.07, 6.45) is -4.93. The van der Waals surface area contributed by atoms with Gasteiger partial charge in [-0.2, -0.15) is 13.2 Å². The molecule has 0 amide bonds. The first-order chi connectivity index (χ1) is 7.19. The van der Waals surface area contributed by atoms with Crippen LogP contribution in [0.2, 0.25) is 0 Å². The predicted molar refractivity (Wildman–Crippen MR) is 53.4 cm³/mol. The molecular weight excluding hydrogens is 247 g/mol. The molecule has 0 bridgehead atoms. The summed E-state index contributed by atoms with van der Waals surface area (Å²) in [5.41, 5.74) is 0. The van der Waals surface area contributed by atoms with E-state index in [9.17, 15) is 21.6 Å². The molecule has 0 aliphatic rings. The SMILES string of the molecule is CN(CCC(F)(F)F)S(=O)(=O)CCCCO. The van der Waals surface area contributed by atoms with Crippen molar-refractivity contribution < 1.29 is 26.7 Å². The molecule has 0 aromatic heterocycles. The average molecular weight is 263 g/mol. The van der Waals surface area contributed by atoms with E-state index >= 15 is 0 Å². The van der Waals surface area contributed by atoms with Crippen molar-refractivity contribution in [3.05, 3.63) is 0 Å². The second kappa shape index (κ2) is 6.41. The molecule has 8 heteroatoms. The lowest BCUT2D eigenvalue weighted by Gasteiger charge is -2.17. The van der Waals surface area contributed by atoms with E-state index in [1.807, 2.05) is 0 Å². The van der Waals surface area contributed by atoms with Gasteiger partial charge in [-0.05, 0) is 12.8 Å². The number of halogens is 3. The van der Waals surface area contributed by atoms with E-state index in [-0.39, 0.29) is 18.8 Å². The number of aliphatic hydroxyl groups is 1. The van der Waals surface area contributed by atoms with Gasteiger partial charge in [0.05, 0.1) is 12.2 Å². The minimum atomic E-state index is -4.35. The maximum Gasteiger partial charge on any atom is 0.390 e. The summed E-state index contributed by atoms with van der Waals surface area (Å²) in [5, 5.41) is 8.45. The van der Waals surface area contributed by atoms with Crippen LogP contribution in [-0.4, -0.2) is 50.0 Å². The van der Waals surface area contributed by atoms with Crippen LogP contribution < -0.4 is 0 Å². The Morgan fingerprint density at radius 2 is 1.81 bits per heavy atom. The lowest BCUT2D eigenvalue weighted by molar-refractivity contribution is -0.135. The molecule has 0 atom stereocenters. The van der Waals surface area contributed by atoms with Gasteiger partial charge in [0, 0.05) is 20.2 Å². The van der Waals surface area contributed by atoms with Gasteiger partial charge >= 0.3 is 6.18 Å². The number of rotatable bonds is 7. The van der Waals surface area contributed by atoms with Gasteiger partial charge in [0.15, 0.2) is 0 Å². The quantitative estimate of drug-likeness (QED) is 0.696. The molecule has 0 aliphatic heterocycles. The molecule has 1 N–H and O–H groups in total. The zero-order valence-corrected chi connectivity index (χ0v) is 9.81. The molecule has 0 rings (SSSR count). The van der Waals surface area contributed by atoms with E-state index in [0.717, 1.165) is 7.05 Å². The number of sulfonamides is 1. The van der Waals surface area contributed by atoms with Crippen molar-refractivity contribution in [2.75, 3.05) is 26.0 Å². The topological polar surface area (TPSA) is 57.6 Å². The third kappa shape index (κ3) is 7.02. The Hall–Kier alpha value is -0.340. The molecule has 0 aliphatic carbocycles. The molecule has 0 saturated heterocycles. The lowest BCUT2D eigenvalue weighted by Crippen LogP contribution is -2.32. The number of aliphatic hydroxyl groups excluding tert-OH is 1. The molecule has 0 fully saturated rings. The second-order valence-corrected chi connectivity index (χ2v) is 5.63. The minimum Gasteiger partial charge on any atom is -0.396 e. The average Bonchev–Trinajstić information content (AvgIpc) is 2.13. The number of nitrogens with zero attached hydrogens (tertiary/aromatic N) is 1. The zero-order valence-electron chi connectivity index (χ0n) is 9.00. The molecule has 16 heavy (non-hydrogen) atoms. The van der Waals surface area contributed by atoms with Crippen LogP contribution in [0.1, 0.15) is 19.3 Å². The molecule has 4 nitrogen and oxygen atoms in total. The van der Waals surface area contributed by atoms with E-state index in [4.69, 9.17) is 5.11 Å². The molecule has 0 aromatic carbocycles. The van der Waals surface area contributed by atoms with Crippen molar-refractivity contribution in [3.63, 3.8) is 0 Å². The van der Waals surface area contributed by atoms with Crippen LogP contribution in [0.5, 0.6) is 0 Å². The van der Waals surface area contributed by atoms with Crippen molar-refractivity contribution in [1.82, 2.24) is 4.31 Å². The molecule has 0 aromatic rings. The van der Waals surface area contributed by atoms with Crippen LogP contribution in [0.15, 0.2) is 0 Å². The number of unbranched alkanes of at least 4 members (excludes halogenated alkanes) is 1. The molecule has 0 radical (unpaired) electrons. The van der Waals surface area contributed by atoms with E-state index in [1.165, 1.54) is 0 Å². The Bertz CT molecular complexity index is 289. The Labute approximate surface area is 93.1 Å². The Kier molecular flexibility index (Phi) is 6.27. The van der Waals surface area contributed by atoms with Crippen LogP contribution in [-0.2, 0) is 10.0 Å². The maximum atomic E-state index is 11.9. The first kappa shape index (κ1) is 15.7. The van der Waals surface area contributed by atoms with Gasteiger partial charge in [0.25, 0.3) is 0 Å². The number of alkyl halides is 3. The summed E-state index contributed by atoms with van der Waals surface area (Å²) in [4.78, 5) is 0. The molecule has 0 saturated carbocycles. The van der Waals surface area contributed by atoms with Gasteiger partial charge in [-0.3, -0.25) is 0 Å². The van der Waals surface area contributed by atoms with Crippen molar-refractivity contribution in [2.24, 2.45) is 0 Å².